The highest BCUT2D eigenvalue weighted by atomic mass is 16.7. The Hall–Kier alpha value is -2.77. The second-order valence-electron chi connectivity index (χ2n) is 3.92. The molecule has 8 nitrogen and oxygen atoms in total. The van der Waals surface area contributed by atoms with Gasteiger partial charge in [0.1, 0.15) is 0 Å². The van der Waals surface area contributed by atoms with Gasteiger partial charge in [-0.2, -0.15) is 0 Å². The fourth-order valence-electron chi connectivity index (χ4n) is 1.67. The van der Waals surface area contributed by atoms with E-state index in [0.29, 0.717) is 17.2 Å². The van der Waals surface area contributed by atoms with Gasteiger partial charge in [-0.25, -0.2) is 9.48 Å². The first-order valence-electron chi connectivity index (χ1n) is 5.48. The molecule has 0 saturated carbocycles. The van der Waals surface area contributed by atoms with Crippen LogP contribution >= 0.6 is 0 Å². The Morgan fingerprint density at radius 2 is 2.21 bits per heavy atom. The van der Waals surface area contributed by atoms with Gasteiger partial charge < -0.3 is 14.8 Å². The number of benzene rings is 1. The third-order valence-corrected chi connectivity index (χ3v) is 2.61. The summed E-state index contributed by atoms with van der Waals surface area (Å²) in [5, 5.41) is 6.37. The Balaban J connectivity index is 1.81. The monoisotopic (exact) mass is 262 g/mol. The molecule has 19 heavy (non-hydrogen) atoms. The summed E-state index contributed by atoms with van der Waals surface area (Å²) in [5.41, 5.74) is 0.0802. The fraction of sp³-hybridized carbons (Fsp3) is 0.182. The molecule has 3 rings (SSSR count). The Morgan fingerprint density at radius 1 is 1.42 bits per heavy atom. The van der Waals surface area contributed by atoms with E-state index in [2.05, 4.69) is 15.4 Å². The topological polar surface area (TPSA) is 98.2 Å². The van der Waals surface area contributed by atoms with E-state index in [9.17, 15) is 9.59 Å². The van der Waals surface area contributed by atoms with Crippen LogP contribution in [0.2, 0.25) is 0 Å². The van der Waals surface area contributed by atoms with Gasteiger partial charge in [-0.3, -0.25) is 9.78 Å². The molecule has 2 heterocycles. The van der Waals surface area contributed by atoms with Crippen LogP contribution in [0.5, 0.6) is 11.5 Å². The first-order chi connectivity index (χ1) is 9.13. The molecule has 0 bridgehead atoms. The molecule has 98 valence electrons. The van der Waals surface area contributed by atoms with E-state index in [4.69, 9.17) is 9.47 Å². The molecular formula is C11H10N4O4. The highest BCUT2D eigenvalue weighted by Crippen LogP contribution is 2.34. The van der Waals surface area contributed by atoms with Gasteiger partial charge in [-0.15, -0.1) is 5.10 Å². The Kier molecular flexibility index (Phi) is 2.48. The van der Waals surface area contributed by atoms with Gasteiger partial charge in [-0.1, -0.05) is 0 Å². The SMILES string of the molecule is Cn1nc(C(=O)Nc2ccc3c(c2)OCO3)[nH]c1=O. The van der Waals surface area contributed by atoms with Crippen molar-refractivity contribution >= 4 is 11.6 Å². The van der Waals surface area contributed by atoms with Crippen LogP contribution in [0.4, 0.5) is 5.69 Å². The molecule has 1 aliphatic rings. The van der Waals surface area contributed by atoms with Gasteiger partial charge in [-0.05, 0) is 12.1 Å². The van der Waals surface area contributed by atoms with Crippen molar-refractivity contribution in [3.63, 3.8) is 0 Å². The van der Waals surface area contributed by atoms with E-state index in [1.165, 1.54) is 7.05 Å². The zero-order chi connectivity index (χ0) is 13.4. The first-order valence-corrected chi connectivity index (χ1v) is 5.48. The van der Waals surface area contributed by atoms with Crippen molar-refractivity contribution in [2.45, 2.75) is 0 Å². The molecule has 1 amide bonds. The van der Waals surface area contributed by atoms with Crippen molar-refractivity contribution in [1.29, 1.82) is 0 Å². The number of aromatic nitrogens is 3. The number of H-pyrrole nitrogens is 1. The van der Waals surface area contributed by atoms with Crippen LogP contribution in [0.3, 0.4) is 0 Å². The number of hydrogen-bond acceptors (Lipinski definition) is 5. The first kappa shape index (κ1) is 11.3. The van der Waals surface area contributed by atoms with Crippen molar-refractivity contribution in [1.82, 2.24) is 14.8 Å². The number of carbonyl (C=O) groups is 1. The van der Waals surface area contributed by atoms with E-state index in [0.717, 1.165) is 4.68 Å². The van der Waals surface area contributed by atoms with Gasteiger partial charge in [0.05, 0.1) is 0 Å². The van der Waals surface area contributed by atoms with Crippen LogP contribution in [0.1, 0.15) is 10.6 Å². The average Bonchev–Trinajstić information content (AvgIpc) is 2.96. The quantitative estimate of drug-likeness (QED) is 0.799. The highest BCUT2D eigenvalue weighted by molar-refractivity contribution is 6.01. The molecule has 0 fully saturated rings. The van der Waals surface area contributed by atoms with E-state index >= 15 is 0 Å². The largest absolute Gasteiger partial charge is 0.454 e. The molecule has 2 N–H and O–H groups in total. The second-order valence-corrected chi connectivity index (χ2v) is 3.92. The number of aryl methyl sites for hydroxylation is 1. The minimum absolute atomic E-state index is 0.0508. The lowest BCUT2D eigenvalue weighted by Crippen LogP contribution is -2.15. The molecule has 1 aromatic carbocycles. The van der Waals surface area contributed by atoms with E-state index in [1.807, 2.05) is 0 Å². The number of rotatable bonds is 2. The molecule has 0 saturated heterocycles. The smallest absolute Gasteiger partial charge is 0.343 e. The summed E-state index contributed by atoms with van der Waals surface area (Å²) >= 11 is 0. The summed E-state index contributed by atoms with van der Waals surface area (Å²) in [6.07, 6.45) is 0. The number of carbonyl (C=O) groups excluding carboxylic acids is 1. The number of ether oxygens (including phenoxy) is 2. The van der Waals surface area contributed by atoms with E-state index in [1.54, 1.807) is 18.2 Å². The number of aromatic amines is 1. The summed E-state index contributed by atoms with van der Waals surface area (Å²) in [5.74, 6) is 0.637. The van der Waals surface area contributed by atoms with Crippen LogP contribution in [0.25, 0.3) is 0 Å². The predicted octanol–water partition coefficient (Wildman–Crippen LogP) is 0.0894. The average molecular weight is 262 g/mol. The van der Waals surface area contributed by atoms with Crippen molar-refractivity contribution in [3.8, 4) is 11.5 Å². The Bertz CT molecular complexity index is 703. The zero-order valence-electron chi connectivity index (χ0n) is 9.97. The number of nitrogens with zero attached hydrogens (tertiary/aromatic N) is 2. The lowest BCUT2D eigenvalue weighted by molar-refractivity contribution is 0.101. The van der Waals surface area contributed by atoms with Gasteiger partial charge in [0.2, 0.25) is 12.6 Å². The van der Waals surface area contributed by atoms with E-state index < -0.39 is 11.6 Å². The summed E-state index contributed by atoms with van der Waals surface area (Å²) in [4.78, 5) is 25.4. The molecular weight excluding hydrogens is 252 g/mol. The molecule has 8 heteroatoms. The van der Waals surface area contributed by atoms with Crippen LogP contribution in [-0.4, -0.2) is 27.5 Å². The minimum atomic E-state index is -0.503. The molecule has 0 unspecified atom stereocenters. The number of nitrogens with one attached hydrogen (secondary N) is 2. The fourth-order valence-corrected chi connectivity index (χ4v) is 1.67. The maximum Gasteiger partial charge on any atom is 0.343 e. The highest BCUT2D eigenvalue weighted by Gasteiger charge is 2.16. The summed E-state index contributed by atoms with van der Waals surface area (Å²) in [6, 6.07) is 5.01. The zero-order valence-corrected chi connectivity index (χ0v) is 9.97. The summed E-state index contributed by atoms with van der Waals surface area (Å²) < 4.78 is 11.4. The Morgan fingerprint density at radius 3 is 2.95 bits per heavy atom. The molecule has 0 spiro atoms. The molecule has 2 aromatic rings. The number of hydrogen-bond donors (Lipinski definition) is 2. The third-order valence-electron chi connectivity index (χ3n) is 2.61. The van der Waals surface area contributed by atoms with E-state index in [-0.39, 0.29) is 12.6 Å². The number of anilines is 1. The van der Waals surface area contributed by atoms with Crippen molar-refractivity contribution in [2.75, 3.05) is 12.1 Å². The van der Waals surface area contributed by atoms with Gasteiger partial charge >= 0.3 is 5.69 Å². The van der Waals surface area contributed by atoms with Crippen LogP contribution in [-0.2, 0) is 7.05 Å². The second kappa shape index (κ2) is 4.16. The summed E-state index contributed by atoms with van der Waals surface area (Å²) in [7, 11) is 1.45. The molecule has 0 atom stereocenters. The molecule has 0 aliphatic carbocycles. The predicted molar refractivity (Wildman–Crippen MR) is 64.3 cm³/mol. The van der Waals surface area contributed by atoms with Crippen molar-refractivity contribution < 1.29 is 14.3 Å². The van der Waals surface area contributed by atoms with Crippen LogP contribution in [0, 0.1) is 0 Å². The number of amides is 1. The minimum Gasteiger partial charge on any atom is -0.454 e. The van der Waals surface area contributed by atoms with Crippen LogP contribution < -0.4 is 20.5 Å². The standard InChI is InChI=1S/C11H10N4O4/c1-15-11(17)13-9(14-15)10(16)12-6-2-3-7-8(4-6)19-5-18-7/h2-4H,5H2,1H3,(H,12,16)(H,13,14,17). The van der Waals surface area contributed by atoms with Gasteiger partial charge in [0, 0.05) is 18.8 Å². The van der Waals surface area contributed by atoms with Crippen molar-refractivity contribution in [3.05, 3.63) is 34.5 Å². The maximum atomic E-state index is 11.9. The Labute approximate surface area is 107 Å². The van der Waals surface area contributed by atoms with Crippen molar-refractivity contribution in [2.24, 2.45) is 7.05 Å². The number of fused-ring (bicyclic) bond motifs is 1. The lowest BCUT2D eigenvalue weighted by atomic mass is 10.3. The lowest BCUT2D eigenvalue weighted by Gasteiger charge is -2.03. The van der Waals surface area contributed by atoms with Gasteiger partial charge in [0.25, 0.3) is 5.91 Å². The summed E-state index contributed by atoms with van der Waals surface area (Å²) in [6.45, 7) is 0.167. The molecule has 1 aliphatic heterocycles. The normalized spacial score (nSPS) is 12.5. The molecule has 0 radical (unpaired) electrons. The molecule has 1 aromatic heterocycles. The maximum absolute atomic E-state index is 11.9. The third kappa shape index (κ3) is 2.03. The van der Waals surface area contributed by atoms with Crippen LogP contribution in [0.15, 0.2) is 23.0 Å². The van der Waals surface area contributed by atoms with Gasteiger partial charge in [0.15, 0.2) is 11.5 Å².